The Hall–Kier alpha value is -4.79. The molecule has 1 aliphatic rings. The Labute approximate surface area is 235 Å². The maximum atomic E-state index is 6.32. The third kappa shape index (κ3) is 3.17. The van der Waals surface area contributed by atoms with Crippen molar-refractivity contribution in [2.24, 2.45) is 0 Å². The second kappa shape index (κ2) is 8.35. The van der Waals surface area contributed by atoms with Crippen LogP contribution in [0.5, 0.6) is 0 Å². The Morgan fingerprint density at radius 3 is 2.05 bits per heavy atom. The van der Waals surface area contributed by atoms with Crippen molar-refractivity contribution in [1.82, 2.24) is 0 Å². The molecule has 2 heteroatoms. The highest BCUT2D eigenvalue weighted by atomic mass is 32.2. The molecule has 40 heavy (non-hydrogen) atoms. The summed E-state index contributed by atoms with van der Waals surface area (Å²) in [6.07, 6.45) is 0. The zero-order valence-corrected chi connectivity index (χ0v) is 22.3. The van der Waals surface area contributed by atoms with Crippen LogP contribution in [0.15, 0.2) is 148 Å². The van der Waals surface area contributed by atoms with E-state index in [1.54, 1.807) is 0 Å². The summed E-state index contributed by atoms with van der Waals surface area (Å²) in [7, 11) is 0. The molecule has 0 aliphatic carbocycles. The summed E-state index contributed by atoms with van der Waals surface area (Å²) in [6, 6.07) is 48.3. The van der Waals surface area contributed by atoms with Gasteiger partial charge in [0.05, 0.1) is 0 Å². The lowest BCUT2D eigenvalue weighted by Crippen LogP contribution is -1.93. The highest BCUT2D eigenvalue weighted by Crippen LogP contribution is 2.49. The fourth-order valence-electron chi connectivity index (χ4n) is 6.41. The summed E-state index contributed by atoms with van der Waals surface area (Å²) in [5.41, 5.74) is 9.35. The summed E-state index contributed by atoms with van der Waals surface area (Å²) >= 11 is 1.87. The van der Waals surface area contributed by atoms with Gasteiger partial charge in [-0.3, -0.25) is 0 Å². The van der Waals surface area contributed by atoms with Gasteiger partial charge in [-0.15, -0.1) is 0 Å². The van der Waals surface area contributed by atoms with Gasteiger partial charge in [0.2, 0.25) is 0 Å². The average molecular weight is 527 g/mol. The van der Waals surface area contributed by atoms with Crippen molar-refractivity contribution in [1.29, 1.82) is 0 Å². The third-order valence-electron chi connectivity index (χ3n) is 8.27. The average Bonchev–Trinajstić information content (AvgIpc) is 3.41. The standard InChI is InChI=1S/C38H22OS/c1-2-9-28-24(6-1)18-20-33-38(28)37-29(10-5-12-32(37)39-33)25-16-14-23(15-17-25)27-19-21-34-31(22-27)30-11-3-7-26-8-4-13-35(40-34)36(26)30/h1-22H. The van der Waals surface area contributed by atoms with Crippen LogP contribution in [0.3, 0.4) is 0 Å². The Balaban J connectivity index is 1.17. The molecule has 0 atom stereocenters. The highest BCUT2D eigenvalue weighted by Gasteiger charge is 2.20. The molecule has 9 rings (SSSR count). The smallest absolute Gasteiger partial charge is 0.136 e. The first-order valence-corrected chi connectivity index (χ1v) is 14.4. The summed E-state index contributed by atoms with van der Waals surface area (Å²) in [5.74, 6) is 0. The molecule has 1 aromatic heterocycles. The van der Waals surface area contributed by atoms with Crippen molar-refractivity contribution in [3.8, 4) is 33.4 Å². The highest BCUT2D eigenvalue weighted by molar-refractivity contribution is 7.99. The number of furan rings is 1. The van der Waals surface area contributed by atoms with Gasteiger partial charge in [-0.05, 0) is 79.9 Å². The first-order valence-electron chi connectivity index (χ1n) is 13.6. The van der Waals surface area contributed by atoms with Gasteiger partial charge < -0.3 is 4.42 Å². The van der Waals surface area contributed by atoms with Gasteiger partial charge in [-0.1, -0.05) is 115 Å². The van der Waals surface area contributed by atoms with Crippen molar-refractivity contribution in [2.45, 2.75) is 9.79 Å². The molecule has 1 nitrogen and oxygen atoms in total. The van der Waals surface area contributed by atoms with E-state index in [1.165, 1.54) is 75.5 Å². The number of hydrogen-bond acceptors (Lipinski definition) is 2. The van der Waals surface area contributed by atoms with Gasteiger partial charge in [0.15, 0.2) is 0 Å². The maximum absolute atomic E-state index is 6.32. The maximum Gasteiger partial charge on any atom is 0.136 e. The van der Waals surface area contributed by atoms with E-state index in [9.17, 15) is 0 Å². The van der Waals surface area contributed by atoms with Crippen LogP contribution in [0.1, 0.15) is 0 Å². The molecular formula is C38H22OS. The molecular weight excluding hydrogens is 504 g/mol. The van der Waals surface area contributed by atoms with Crippen LogP contribution in [0.2, 0.25) is 0 Å². The zero-order valence-electron chi connectivity index (χ0n) is 21.5. The zero-order chi connectivity index (χ0) is 26.2. The summed E-state index contributed by atoms with van der Waals surface area (Å²) in [6.45, 7) is 0. The second-order valence-electron chi connectivity index (χ2n) is 10.5. The van der Waals surface area contributed by atoms with Crippen LogP contribution in [0.4, 0.5) is 0 Å². The molecule has 2 heterocycles. The molecule has 0 bridgehead atoms. The number of rotatable bonds is 2. The first-order chi connectivity index (χ1) is 19.8. The Morgan fingerprint density at radius 1 is 0.400 bits per heavy atom. The van der Waals surface area contributed by atoms with Crippen molar-refractivity contribution >= 4 is 55.2 Å². The third-order valence-corrected chi connectivity index (χ3v) is 9.41. The van der Waals surface area contributed by atoms with Gasteiger partial charge in [0.25, 0.3) is 0 Å². The fourth-order valence-corrected chi connectivity index (χ4v) is 7.54. The van der Waals surface area contributed by atoms with E-state index >= 15 is 0 Å². The molecule has 0 fully saturated rings. The Morgan fingerprint density at radius 2 is 1.12 bits per heavy atom. The van der Waals surface area contributed by atoms with Crippen molar-refractivity contribution in [3.05, 3.63) is 133 Å². The molecule has 7 aromatic carbocycles. The summed E-state index contributed by atoms with van der Waals surface area (Å²) in [4.78, 5) is 2.66. The molecule has 0 saturated heterocycles. The fraction of sp³-hybridized carbons (Fsp3) is 0. The van der Waals surface area contributed by atoms with Crippen LogP contribution >= 0.6 is 11.8 Å². The summed E-state index contributed by atoms with van der Waals surface area (Å²) < 4.78 is 6.32. The molecule has 0 unspecified atom stereocenters. The van der Waals surface area contributed by atoms with Gasteiger partial charge in [-0.2, -0.15) is 0 Å². The van der Waals surface area contributed by atoms with Crippen molar-refractivity contribution in [2.75, 3.05) is 0 Å². The Bertz CT molecular complexity index is 2280. The summed E-state index contributed by atoms with van der Waals surface area (Å²) in [5, 5.41) is 7.49. The Kier molecular flexibility index (Phi) is 4.61. The lowest BCUT2D eigenvalue weighted by molar-refractivity contribution is 0.669. The first kappa shape index (κ1) is 22.1. The SMILES string of the molecule is c1cc2c3c(cccc3c1)-c1cc(-c3ccc(-c4cccc5oc6ccc7ccccc7c6c45)cc3)ccc1S2. The van der Waals surface area contributed by atoms with Crippen LogP contribution in [-0.4, -0.2) is 0 Å². The van der Waals surface area contributed by atoms with Crippen LogP contribution < -0.4 is 0 Å². The van der Waals surface area contributed by atoms with E-state index in [4.69, 9.17) is 4.42 Å². The largest absolute Gasteiger partial charge is 0.456 e. The molecule has 1 aliphatic heterocycles. The van der Waals surface area contributed by atoms with Gasteiger partial charge >= 0.3 is 0 Å². The topological polar surface area (TPSA) is 13.1 Å². The monoisotopic (exact) mass is 526 g/mol. The van der Waals surface area contributed by atoms with E-state index < -0.39 is 0 Å². The molecule has 0 N–H and O–H groups in total. The van der Waals surface area contributed by atoms with E-state index in [1.807, 2.05) is 11.8 Å². The van der Waals surface area contributed by atoms with Gasteiger partial charge in [0, 0.05) is 25.9 Å². The number of fused-ring (bicyclic) bond motifs is 7. The van der Waals surface area contributed by atoms with Crippen LogP contribution in [0.25, 0.3) is 76.9 Å². The normalized spacial score (nSPS) is 12.4. The molecule has 0 spiro atoms. The predicted octanol–water partition coefficient (Wildman–Crippen LogP) is 11.4. The molecule has 8 aromatic rings. The molecule has 0 amide bonds. The molecule has 0 saturated carbocycles. The van der Waals surface area contributed by atoms with Crippen LogP contribution in [0, 0.1) is 0 Å². The minimum Gasteiger partial charge on any atom is -0.456 e. The van der Waals surface area contributed by atoms with E-state index in [2.05, 4.69) is 133 Å². The minimum atomic E-state index is 0.926. The van der Waals surface area contributed by atoms with E-state index in [0.717, 1.165) is 11.2 Å². The minimum absolute atomic E-state index is 0.926. The second-order valence-corrected chi connectivity index (χ2v) is 11.6. The van der Waals surface area contributed by atoms with Crippen LogP contribution in [-0.2, 0) is 0 Å². The lowest BCUT2D eigenvalue weighted by atomic mass is 9.93. The number of hydrogen-bond donors (Lipinski definition) is 0. The number of benzene rings is 7. The van der Waals surface area contributed by atoms with E-state index in [-0.39, 0.29) is 0 Å². The van der Waals surface area contributed by atoms with Crippen molar-refractivity contribution in [3.63, 3.8) is 0 Å². The van der Waals surface area contributed by atoms with Gasteiger partial charge in [-0.25, -0.2) is 0 Å². The van der Waals surface area contributed by atoms with E-state index in [0.29, 0.717) is 0 Å². The van der Waals surface area contributed by atoms with Crippen molar-refractivity contribution < 1.29 is 4.42 Å². The lowest BCUT2D eigenvalue weighted by Gasteiger charge is -2.21. The molecule has 0 radical (unpaired) electrons. The predicted molar refractivity (Wildman–Crippen MR) is 169 cm³/mol. The molecule has 186 valence electrons. The van der Waals surface area contributed by atoms with Gasteiger partial charge in [0.1, 0.15) is 11.2 Å². The quantitative estimate of drug-likeness (QED) is 0.222.